The number of nitro groups is 1. The van der Waals surface area contributed by atoms with E-state index in [0.717, 1.165) is 0 Å². The standard InChI is InChI=1S/C11H13N5O3/c1-6-5-13-11(19-6)7(2)14-10-8(16(17)18)3-4-9(12)15-10/h3-5,7H,1-2H3,(H3,12,14,15). The maximum atomic E-state index is 10.9. The molecule has 2 aromatic rings. The van der Waals surface area contributed by atoms with Crippen molar-refractivity contribution in [1.29, 1.82) is 0 Å². The molecule has 2 rings (SSSR count). The molecule has 1 unspecified atom stereocenters. The first-order chi connectivity index (χ1) is 8.97. The smallest absolute Gasteiger partial charge is 0.311 e. The Kier molecular flexibility index (Phi) is 3.32. The van der Waals surface area contributed by atoms with Crippen LogP contribution in [0.3, 0.4) is 0 Å². The van der Waals surface area contributed by atoms with Gasteiger partial charge >= 0.3 is 5.69 Å². The molecule has 8 heteroatoms. The summed E-state index contributed by atoms with van der Waals surface area (Å²) in [7, 11) is 0. The molecular formula is C11H13N5O3. The molecule has 0 aliphatic rings. The van der Waals surface area contributed by atoms with E-state index in [2.05, 4.69) is 15.3 Å². The molecule has 0 spiro atoms. The lowest BCUT2D eigenvalue weighted by Crippen LogP contribution is -2.11. The van der Waals surface area contributed by atoms with Crippen LogP contribution in [-0.2, 0) is 0 Å². The van der Waals surface area contributed by atoms with Crippen LogP contribution in [0.4, 0.5) is 17.3 Å². The molecule has 2 heterocycles. The maximum absolute atomic E-state index is 10.9. The summed E-state index contributed by atoms with van der Waals surface area (Å²) in [6.07, 6.45) is 1.58. The number of nitrogens with one attached hydrogen (secondary N) is 1. The molecule has 0 fully saturated rings. The van der Waals surface area contributed by atoms with Gasteiger partial charge in [0.2, 0.25) is 11.7 Å². The third-order valence-corrected chi connectivity index (χ3v) is 2.45. The highest BCUT2D eigenvalue weighted by molar-refractivity contribution is 5.59. The van der Waals surface area contributed by atoms with Crippen LogP contribution in [0.15, 0.2) is 22.7 Å². The summed E-state index contributed by atoms with van der Waals surface area (Å²) in [6.45, 7) is 3.53. The van der Waals surface area contributed by atoms with Gasteiger partial charge in [0.05, 0.1) is 11.1 Å². The Balaban J connectivity index is 2.27. The molecule has 0 aliphatic carbocycles. The lowest BCUT2D eigenvalue weighted by Gasteiger charge is -2.11. The number of oxazole rings is 1. The van der Waals surface area contributed by atoms with E-state index in [1.165, 1.54) is 12.1 Å². The summed E-state index contributed by atoms with van der Waals surface area (Å²) in [6, 6.07) is 2.32. The van der Waals surface area contributed by atoms with E-state index in [9.17, 15) is 10.1 Å². The number of pyridine rings is 1. The molecule has 0 radical (unpaired) electrons. The first-order valence-corrected chi connectivity index (χ1v) is 5.57. The van der Waals surface area contributed by atoms with Crippen molar-refractivity contribution in [1.82, 2.24) is 9.97 Å². The van der Waals surface area contributed by atoms with Crippen molar-refractivity contribution < 1.29 is 9.34 Å². The molecular weight excluding hydrogens is 250 g/mol. The molecule has 0 aliphatic heterocycles. The van der Waals surface area contributed by atoms with Gasteiger partial charge in [0.1, 0.15) is 17.6 Å². The number of nitrogens with zero attached hydrogens (tertiary/aromatic N) is 3. The van der Waals surface area contributed by atoms with Gasteiger partial charge in [-0.05, 0) is 19.9 Å². The molecule has 8 nitrogen and oxygen atoms in total. The van der Waals surface area contributed by atoms with E-state index < -0.39 is 4.92 Å². The number of anilines is 2. The third-order valence-electron chi connectivity index (χ3n) is 2.45. The van der Waals surface area contributed by atoms with E-state index in [1.54, 1.807) is 20.0 Å². The van der Waals surface area contributed by atoms with Crippen LogP contribution >= 0.6 is 0 Å². The first-order valence-electron chi connectivity index (χ1n) is 5.57. The van der Waals surface area contributed by atoms with Crippen molar-refractivity contribution >= 4 is 17.3 Å². The first kappa shape index (κ1) is 12.8. The molecule has 19 heavy (non-hydrogen) atoms. The summed E-state index contributed by atoms with van der Waals surface area (Å²) >= 11 is 0. The SMILES string of the molecule is Cc1cnc(C(C)Nc2nc(N)ccc2[N+](=O)[O-])o1. The van der Waals surface area contributed by atoms with Gasteiger partial charge in [0.15, 0.2) is 0 Å². The lowest BCUT2D eigenvalue weighted by atomic mass is 10.3. The van der Waals surface area contributed by atoms with Crippen LogP contribution in [0.2, 0.25) is 0 Å². The summed E-state index contributed by atoms with van der Waals surface area (Å²) in [5.41, 5.74) is 5.38. The third kappa shape index (κ3) is 2.79. The fourth-order valence-corrected chi connectivity index (χ4v) is 1.56. The van der Waals surface area contributed by atoms with Crippen molar-refractivity contribution in [3.63, 3.8) is 0 Å². The number of nitrogen functional groups attached to an aromatic ring is 1. The topological polar surface area (TPSA) is 120 Å². The molecule has 2 aromatic heterocycles. The van der Waals surface area contributed by atoms with Crippen LogP contribution in [0.5, 0.6) is 0 Å². The van der Waals surface area contributed by atoms with Crippen LogP contribution < -0.4 is 11.1 Å². The van der Waals surface area contributed by atoms with E-state index in [1.807, 2.05) is 0 Å². The highest BCUT2D eigenvalue weighted by atomic mass is 16.6. The van der Waals surface area contributed by atoms with Crippen LogP contribution in [0.25, 0.3) is 0 Å². The minimum atomic E-state index is -0.525. The molecule has 0 bridgehead atoms. The lowest BCUT2D eigenvalue weighted by molar-refractivity contribution is -0.384. The number of hydrogen-bond donors (Lipinski definition) is 2. The van der Waals surface area contributed by atoms with Crippen molar-refractivity contribution in [2.24, 2.45) is 0 Å². The van der Waals surface area contributed by atoms with Gasteiger partial charge in [-0.3, -0.25) is 10.1 Å². The van der Waals surface area contributed by atoms with E-state index in [4.69, 9.17) is 10.2 Å². The number of rotatable bonds is 4. The van der Waals surface area contributed by atoms with Crippen LogP contribution in [0.1, 0.15) is 24.6 Å². The Morgan fingerprint density at radius 2 is 2.26 bits per heavy atom. The minimum absolute atomic E-state index is 0.0911. The van der Waals surface area contributed by atoms with E-state index in [0.29, 0.717) is 11.7 Å². The normalized spacial score (nSPS) is 12.1. The van der Waals surface area contributed by atoms with Crippen LogP contribution in [-0.4, -0.2) is 14.9 Å². The Morgan fingerprint density at radius 1 is 1.53 bits per heavy atom. The molecule has 0 saturated carbocycles. The second-order valence-electron chi connectivity index (χ2n) is 4.04. The zero-order chi connectivity index (χ0) is 14.0. The second-order valence-corrected chi connectivity index (χ2v) is 4.04. The Morgan fingerprint density at radius 3 is 2.84 bits per heavy atom. The Hall–Kier alpha value is -2.64. The molecule has 0 aromatic carbocycles. The fourth-order valence-electron chi connectivity index (χ4n) is 1.56. The van der Waals surface area contributed by atoms with Gasteiger partial charge in [-0.15, -0.1) is 0 Å². The van der Waals surface area contributed by atoms with Gasteiger partial charge in [-0.1, -0.05) is 0 Å². The highest BCUT2D eigenvalue weighted by Crippen LogP contribution is 2.26. The Bertz CT molecular complexity index is 610. The number of aromatic nitrogens is 2. The number of nitrogens with two attached hydrogens (primary N) is 1. The fraction of sp³-hybridized carbons (Fsp3) is 0.273. The quantitative estimate of drug-likeness (QED) is 0.639. The van der Waals surface area contributed by atoms with Crippen LogP contribution in [0, 0.1) is 17.0 Å². The predicted octanol–water partition coefficient (Wildman–Crippen LogP) is 2.04. The average molecular weight is 263 g/mol. The van der Waals surface area contributed by atoms with Crippen molar-refractivity contribution in [3.05, 3.63) is 40.1 Å². The van der Waals surface area contributed by atoms with Crippen molar-refractivity contribution in [2.75, 3.05) is 11.1 Å². The molecule has 100 valence electrons. The number of hydrogen-bond acceptors (Lipinski definition) is 7. The Labute approximate surface area is 108 Å². The molecule has 1 atom stereocenters. The molecule has 0 saturated heterocycles. The van der Waals surface area contributed by atoms with Gasteiger partial charge in [0, 0.05) is 6.07 Å². The van der Waals surface area contributed by atoms with E-state index in [-0.39, 0.29) is 23.4 Å². The summed E-state index contributed by atoms with van der Waals surface area (Å²) in [5.74, 6) is 1.38. The van der Waals surface area contributed by atoms with Gasteiger partial charge in [0.25, 0.3) is 0 Å². The summed E-state index contributed by atoms with van der Waals surface area (Å²) < 4.78 is 5.35. The molecule has 0 amide bonds. The van der Waals surface area contributed by atoms with Gasteiger partial charge < -0.3 is 15.5 Å². The summed E-state index contributed by atoms with van der Waals surface area (Å²) in [4.78, 5) is 18.3. The zero-order valence-electron chi connectivity index (χ0n) is 10.5. The predicted molar refractivity (Wildman–Crippen MR) is 68.6 cm³/mol. The van der Waals surface area contributed by atoms with Crippen molar-refractivity contribution in [3.8, 4) is 0 Å². The molecule has 3 N–H and O–H groups in total. The number of aryl methyl sites for hydroxylation is 1. The monoisotopic (exact) mass is 263 g/mol. The highest BCUT2D eigenvalue weighted by Gasteiger charge is 2.19. The minimum Gasteiger partial charge on any atom is -0.444 e. The largest absolute Gasteiger partial charge is 0.444 e. The summed E-state index contributed by atoms with van der Waals surface area (Å²) in [5, 5.41) is 13.8. The van der Waals surface area contributed by atoms with Crippen molar-refractivity contribution in [2.45, 2.75) is 19.9 Å². The maximum Gasteiger partial charge on any atom is 0.311 e. The zero-order valence-corrected chi connectivity index (χ0v) is 10.5. The average Bonchev–Trinajstić information content (AvgIpc) is 2.75. The van der Waals surface area contributed by atoms with Gasteiger partial charge in [-0.25, -0.2) is 9.97 Å². The van der Waals surface area contributed by atoms with Gasteiger partial charge in [-0.2, -0.15) is 0 Å². The second kappa shape index (κ2) is 4.92. The van der Waals surface area contributed by atoms with E-state index >= 15 is 0 Å².